The highest BCUT2D eigenvalue weighted by Gasteiger charge is 2.28. The van der Waals surface area contributed by atoms with Crippen LogP contribution in [0, 0.1) is 17.5 Å². The Hall–Kier alpha value is -2.91. The average Bonchev–Trinajstić information content (AvgIpc) is 2.52. The molecule has 0 saturated carbocycles. The summed E-state index contributed by atoms with van der Waals surface area (Å²) in [5.41, 5.74) is 8.04. The lowest BCUT2D eigenvalue weighted by Gasteiger charge is -2.14. The van der Waals surface area contributed by atoms with E-state index in [0.717, 1.165) is 5.69 Å². The Morgan fingerprint density at radius 3 is 2.24 bits per heavy atom. The van der Waals surface area contributed by atoms with Gasteiger partial charge in [0.25, 0.3) is 10.0 Å². The number of sulfonamides is 1. The molecule has 0 heterocycles. The van der Waals surface area contributed by atoms with Crippen molar-refractivity contribution in [1.29, 1.82) is 0 Å². The molecule has 2 aromatic rings. The topological polar surface area (TPSA) is 98.2 Å². The summed E-state index contributed by atoms with van der Waals surface area (Å²) >= 11 is 0. The summed E-state index contributed by atoms with van der Waals surface area (Å²) in [6, 6.07) is 6.23. The van der Waals surface area contributed by atoms with Crippen LogP contribution in [0.1, 0.15) is 0 Å². The van der Waals surface area contributed by atoms with Crippen LogP contribution in [-0.2, 0) is 10.0 Å². The van der Waals surface area contributed by atoms with Gasteiger partial charge in [-0.1, -0.05) is 5.11 Å². The molecule has 2 aromatic carbocycles. The van der Waals surface area contributed by atoms with Crippen LogP contribution < -0.4 is 9.62 Å². The maximum Gasteiger partial charge on any atom is 0.267 e. The van der Waals surface area contributed by atoms with Crippen LogP contribution in [0.15, 0.2) is 40.3 Å². The lowest BCUT2D eigenvalue weighted by atomic mass is 10.3. The summed E-state index contributed by atoms with van der Waals surface area (Å²) in [5.74, 6) is -5.32. The van der Waals surface area contributed by atoms with Gasteiger partial charge in [0.15, 0.2) is 16.5 Å². The fourth-order valence-corrected chi connectivity index (χ4v) is 3.16. The Balaban J connectivity index is 2.46. The first-order valence-corrected chi connectivity index (χ1v) is 8.18. The highest BCUT2D eigenvalue weighted by molar-refractivity contribution is 7.92. The van der Waals surface area contributed by atoms with Crippen molar-refractivity contribution in [1.82, 2.24) is 0 Å². The molecule has 2 rings (SSSR count). The van der Waals surface area contributed by atoms with Gasteiger partial charge in [0, 0.05) is 30.4 Å². The van der Waals surface area contributed by atoms with E-state index in [1.54, 1.807) is 31.1 Å². The van der Waals surface area contributed by atoms with Crippen molar-refractivity contribution in [3.63, 3.8) is 0 Å². The molecule has 0 saturated heterocycles. The summed E-state index contributed by atoms with van der Waals surface area (Å²) < 4.78 is 68.1. The molecule has 0 aliphatic carbocycles. The van der Waals surface area contributed by atoms with E-state index in [0.29, 0.717) is 6.07 Å². The highest BCUT2D eigenvalue weighted by Crippen LogP contribution is 2.30. The van der Waals surface area contributed by atoms with E-state index in [-0.39, 0.29) is 5.69 Å². The van der Waals surface area contributed by atoms with Gasteiger partial charge in [0.1, 0.15) is 5.82 Å². The molecule has 0 atom stereocenters. The van der Waals surface area contributed by atoms with E-state index in [4.69, 9.17) is 5.53 Å². The fraction of sp³-hybridized carbons (Fsp3) is 0.143. The first-order valence-electron chi connectivity index (χ1n) is 6.70. The maximum absolute atomic E-state index is 14.0. The highest BCUT2D eigenvalue weighted by atomic mass is 32.2. The zero-order valence-electron chi connectivity index (χ0n) is 13.0. The summed E-state index contributed by atoms with van der Waals surface area (Å²) in [7, 11) is -1.20. The first kappa shape index (κ1) is 18.4. The zero-order chi connectivity index (χ0) is 18.8. The number of azide groups is 1. The molecule has 7 nitrogen and oxygen atoms in total. The summed E-state index contributed by atoms with van der Waals surface area (Å²) in [5, 5.41) is 2.77. The van der Waals surface area contributed by atoms with Crippen LogP contribution >= 0.6 is 0 Å². The van der Waals surface area contributed by atoms with Gasteiger partial charge in [-0.25, -0.2) is 21.6 Å². The number of halogens is 3. The van der Waals surface area contributed by atoms with Crippen LogP contribution in [0.5, 0.6) is 0 Å². The third kappa shape index (κ3) is 3.78. The van der Waals surface area contributed by atoms with Crippen molar-refractivity contribution in [3.8, 4) is 0 Å². The van der Waals surface area contributed by atoms with Crippen LogP contribution in [0.4, 0.5) is 30.2 Å². The lowest BCUT2D eigenvalue weighted by Crippen LogP contribution is -2.17. The van der Waals surface area contributed by atoms with Crippen LogP contribution in [0.2, 0.25) is 0 Å². The van der Waals surface area contributed by atoms with Crippen molar-refractivity contribution in [2.45, 2.75) is 4.90 Å². The zero-order valence-corrected chi connectivity index (χ0v) is 13.9. The second-order valence-corrected chi connectivity index (χ2v) is 6.69. The minimum absolute atomic E-state index is 0.0314. The van der Waals surface area contributed by atoms with E-state index < -0.39 is 38.1 Å². The molecule has 1 N–H and O–H groups in total. The van der Waals surface area contributed by atoms with Crippen molar-refractivity contribution in [3.05, 3.63) is 58.2 Å². The Morgan fingerprint density at radius 2 is 1.72 bits per heavy atom. The molecule has 25 heavy (non-hydrogen) atoms. The van der Waals surface area contributed by atoms with Gasteiger partial charge in [-0.15, -0.1) is 0 Å². The van der Waals surface area contributed by atoms with Crippen LogP contribution in [0.3, 0.4) is 0 Å². The third-order valence-corrected chi connectivity index (χ3v) is 4.57. The molecule has 0 unspecified atom stereocenters. The number of hydrogen-bond acceptors (Lipinski definition) is 4. The monoisotopic (exact) mass is 371 g/mol. The number of anilines is 2. The minimum Gasteiger partial charge on any atom is -0.378 e. The minimum atomic E-state index is -4.75. The van der Waals surface area contributed by atoms with Gasteiger partial charge in [-0.2, -0.15) is 0 Å². The van der Waals surface area contributed by atoms with Crippen molar-refractivity contribution >= 4 is 27.1 Å². The predicted octanol–water partition coefficient (Wildman–Crippen LogP) is 3.91. The first-order chi connectivity index (χ1) is 11.7. The number of nitrogens with zero attached hydrogens (tertiary/aromatic N) is 4. The largest absolute Gasteiger partial charge is 0.378 e. The van der Waals surface area contributed by atoms with Crippen molar-refractivity contribution < 1.29 is 21.6 Å². The summed E-state index contributed by atoms with van der Waals surface area (Å²) in [4.78, 5) is 2.48. The number of nitrogens with one attached hydrogen (secondary N) is 1. The van der Waals surface area contributed by atoms with E-state index >= 15 is 0 Å². The Bertz CT molecular complexity index is 955. The van der Waals surface area contributed by atoms with E-state index in [9.17, 15) is 21.6 Å². The normalized spacial score (nSPS) is 10.9. The second kappa shape index (κ2) is 6.91. The van der Waals surface area contributed by atoms with Crippen molar-refractivity contribution in [2.24, 2.45) is 5.11 Å². The number of rotatable bonds is 5. The molecular weight excluding hydrogens is 359 g/mol. The Morgan fingerprint density at radius 1 is 1.12 bits per heavy atom. The second-order valence-electron chi connectivity index (χ2n) is 5.07. The molecule has 0 aromatic heterocycles. The molecule has 11 heteroatoms. The standard InChI is InChI=1S/C14H12F3N5O2S/c1-22(2)9-5-3-8(4-6-9)20-25(23,24)14-10(15)7-11(19-21-18)12(16)13(14)17/h3-7,20H,1-2H3. The molecular formula is C14H12F3N5O2S. The molecule has 0 bridgehead atoms. The quantitative estimate of drug-likeness (QED) is 0.373. The fourth-order valence-electron chi connectivity index (χ4n) is 1.97. The molecule has 0 amide bonds. The van der Waals surface area contributed by atoms with Crippen LogP contribution in [0.25, 0.3) is 10.4 Å². The molecule has 0 fully saturated rings. The van der Waals surface area contributed by atoms with E-state index in [1.807, 2.05) is 4.72 Å². The van der Waals surface area contributed by atoms with Crippen molar-refractivity contribution in [2.75, 3.05) is 23.7 Å². The SMILES string of the molecule is CN(C)c1ccc(NS(=O)(=O)c2c(F)cc(N=[N+]=[N-])c(F)c2F)cc1. The van der Waals surface area contributed by atoms with Gasteiger partial charge in [0.05, 0.1) is 5.69 Å². The Kier molecular flexibility index (Phi) is 5.10. The number of hydrogen-bond donors (Lipinski definition) is 1. The van der Waals surface area contributed by atoms with Crippen LogP contribution in [-0.4, -0.2) is 22.5 Å². The van der Waals surface area contributed by atoms with Gasteiger partial charge >= 0.3 is 0 Å². The van der Waals surface area contributed by atoms with Gasteiger partial charge in [-0.05, 0) is 35.9 Å². The van der Waals surface area contributed by atoms with Gasteiger partial charge in [0.2, 0.25) is 0 Å². The Labute approximate surface area is 141 Å². The molecule has 0 aliphatic heterocycles. The summed E-state index contributed by atoms with van der Waals surface area (Å²) in [6.07, 6.45) is 0. The number of benzene rings is 2. The predicted molar refractivity (Wildman–Crippen MR) is 86.7 cm³/mol. The maximum atomic E-state index is 14.0. The third-order valence-electron chi connectivity index (χ3n) is 3.15. The smallest absolute Gasteiger partial charge is 0.267 e. The molecule has 0 aliphatic rings. The van der Waals surface area contributed by atoms with Gasteiger partial charge in [-0.3, -0.25) is 4.72 Å². The molecule has 132 valence electrons. The average molecular weight is 371 g/mol. The van der Waals surface area contributed by atoms with E-state index in [1.165, 1.54) is 12.1 Å². The van der Waals surface area contributed by atoms with E-state index in [2.05, 4.69) is 10.0 Å². The summed E-state index contributed by atoms with van der Waals surface area (Å²) in [6.45, 7) is 0. The molecule has 0 spiro atoms. The molecule has 0 radical (unpaired) electrons. The van der Waals surface area contributed by atoms with Gasteiger partial charge < -0.3 is 4.90 Å². The lowest BCUT2D eigenvalue weighted by molar-refractivity contribution is 0.461.